The van der Waals surface area contributed by atoms with E-state index in [1.807, 2.05) is 50.2 Å². The smallest absolute Gasteiger partial charge is 0.226 e. The van der Waals surface area contributed by atoms with Crippen LogP contribution in [0, 0.1) is 11.3 Å². The number of hydrogen-bond acceptors (Lipinski definition) is 4. The number of amides is 1. The molecule has 0 fully saturated rings. The molecule has 2 rings (SSSR count). The van der Waals surface area contributed by atoms with Crippen molar-refractivity contribution < 1.29 is 9.53 Å². The first kappa shape index (κ1) is 17.4. The zero-order valence-electron chi connectivity index (χ0n) is 13.9. The summed E-state index contributed by atoms with van der Waals surface area (Å²) in [6, 6.07) is 16.6. The summed E-state index contributed by atoms with van der Waals surface area (Å²) in [5, 5.41) is 14.8. The summed E-state index contributed by atoms with van der Waals surface area (Å²) in [4.78, 5) is 12.1. The van der Waals surface area contributed by atoms with Crippen LogP contribution in [-0.2, 0) is 4.79 Å². The first-order chi connectivity index (χ1) is 11.6. The normalized spacial score (nSPS) is 10.1. The Kier molecular flexibility index (Phi) is 6.21. The van der Waals surface area contributed by atoms with Crippen LogP contribution in [0.4, 0.5) is 11.4 Å². The Balaban J connectivity index is 1.84. The summed E-state index contributed by atoms with van der Waals surface area (Å²) < 4.78 is 5.69. The molecule has 0 spiro atoms. The van der Waals surface area contributed by atoms with Crippen molar-refractivity contribution in [2.24, 2.45) is 0 Å². The molecule has 2 N–H and O–H groups in total. The van der Waals surface area contributed by atoms with Crippen molar-refractivity contribution in [3.8, 4) is 11.8 Å². The molecule has 0 aliphatic carbocycles. The minimum atomic E-state index is -0.0871. The molecule has 0 bridgehead atoms. The van der Waals surface area contributed by atoms with Gasteiger partial charge in [-0.25, -0.2) is 0 Å². The van der Waals surface area contributed by atoms with Crippen LogP contribution >= 0.6 is 0 Å². The summed E-state index contributed by atoms with van der Waals surface area (Å²) in [5.41, 5.74) is 2.17. The molecular weight excluding hydrogens is 302 g/mol. The van der Waals surface area contributed by atoms with Crippen molar-refractivity contribution in [2.75, 3.05) is 17.2 Å². The van der Waals surface area contributed by atoms with E-state index in [1.54, 1.807) is 12.1 Å². The zero-order valence-corrected chi connectivity index (χ0v) is 13.9. The lowest BCUT2D eigenvalue weighted by atomic mass is 10.2. The van der Waals surface area contributed by atoms with Gasteiger partial charge in [-0.1, -0.05) is 12.1 Å². The van der Waals surface area contributed by atoms with Crippen molar-refractivity contribution in [1.82, 2.24) is 0 Å². The zero-order chi connectivity index (χ0) is 17.4. The van der Waals surface area contributed by atoms with E-state index in [0.29, 0.717) is 30.0 Å². The number of nitrogens with zero attached hydrogens (tertiary/aromatic N) is 1. The Bertz CT molecular complexity index is 718. The van der Waals surface area contributed by atoms with Gasteiger partial charge < -0.3 is 15.4 Å². The number of ether oxygens (including phenoxy) is 1. The quantitative estimate of drug-likeness (QED) is 0.813. The second-order valence-electron chi connectivity index (χ2n) is 5.58. The molecule has 0 radical (unpaired) electrons. The van der Waals surface area contributed by atoms with E-state index >= 15 is 0 Å². The number of nitriles is 1. The van der Waals surface area contributed by atoms with Gasteiger partial charge in [0.1, 0.15) is 5.75 Å². The molecule has 124 valence electrons. The van der Waals surface area contributed by atoms with Crippen molar-refractivity contribution in [1.29, 1.82) is 5.26 Å². The Morgan fingerprint density at radius 1 is 1.17 bits per heavy atom. The lowest BCUT2D eigenvalue weighted by molar-refractivity contribution is -0.116. The molecule has 0 heterocycles. The van der Waals surface area contributed by atoms with E-state index in [2.05, 4.69) is 16.7 Å². The molecule has 0 aliphatic heterocycles. The molecule has 0 atom stereocenters. The number of hydrogen-bond donors (Lipinski definition) is 2. The van der Waals surface area contributed by atoms with E-state index in [9.17, 15) is 4.79 Å². The minimum Gasteiger partial charge on any atom is -0.489 e. The molecule has 0 saturated carbocycles. The lowest BCUT2D eigenvalue weighted by Crippen LogP contribution is -2.17. The summed E-state index contributed by atoms with van der Waals surface area (Å²) >= 11 is 0. The molecular formula is C19H21N3O2. The van der Waals surface area contributed by atoms with E-state index in [0.717, 1.165) is 5.69 Å². The Hall–Kier alpha value is -3.00. The van der Waals surface area contributed by atoms with Crippen LogP contribution in [-0.4, -0.2) is 18.6 Å². The first-order valence-electron chi connectivity index (χ1n) is 7.88. The fourth-order valence-electron chi connectivity index (χ4n) is 2.12. The van der Waals surface area contributed by atoms with Gasteiger partial charge in [0, 0.05) is 18.7 Å². The molecule has 5 heteroatoms. The number of anilines is 2. The highest BCUT2D eigenvalue weighted by Gasteiger charge is 2.08. The number of benzene rings is 2. The van der Waals surface area contributed by atoms with Crippen LogP contribution in [0.25, 0.3) is 0 Å². The third kappa shape index (κ3) is 5.33. The van der Waals surface area contributed by atoms with Crippen LogP contribution in [0.2, 0.25) is 0 Å². The van der Waals surface area contributed by atoms with Crippen LogP contribution < -0.4 is 15.4 Å². The van der Waals surface area contributed by atoms with Gasteiger partial charge in [-0.2, -0.15) is 5.26 Å². The van der Waals surface area contributed by atoms with E-state index < -0.39 is 0 Å². The van der Waals surface area contributed by atoms with Gasteiger partial charge in [0.15, 0.2) is 0 Å². The number of carbonyl (C=O) groups is 1. The second kappa shape index (κ2) is 8.59. The number of nitrogens with one attached hydrogen (secondary N) is 2. The molecule has 0 aliphatic rings. The first-order valence-corrected chi connectivity index (χ1v) is 7.88. The van der Waals surface area contributed by atoms with Crippen molar-refractivity contribution in [3.63, 3.8) is 0 Å². The van der Waals surface area contributed by atoms with Crippen LogP contribution in [0.1, 0.15) is 25.8 Å². The number of rotatable bonds is 7. The largest absolute Gasteiger partial charge is 0.489 e. The van der Waals surface area contributed by atoms with Crippen molar-refractivity contribution in [2.45, 2.75) is 26.4 Å². The summed E-state index contributed by atoms with van der Waals surface area (Å²) in [6.45, 7) is 4.39. The Morgan fingerprint density at radius 2 is 1.88 bits per heavy atom. The summed E-state index contributed by atoms with van der Waals surface area (Å²) in [5.74, 6) is 0.580. The molecule has 0 saturated heterocycles. The third-order valence-electron chi connectivity index (χ3n) is 3.22. The standard InChI is InChI=1S/C19H21N3O2/c1-14(2)24-18-6-4-3-5-17(18)22-19(23)11-12-21-16-9-7-15(13-20)8-10-16/h3-10,14,21H,11-12H2,1-2H3,(H,22,23). The average Bonchev–Trinajstić information content (AvgIpc) is 2.57. The molecule has 1 amide bonds. The van der Waals surface area contributed by atoms with Gasteiger partial charge in [0.05, 0.1) is 23.4 Å². The maximum atomic E-state index is 12.1. The van der Waals surface area contributed by atoms with Crippen LogP contribution in [0.15, 0.2) is 48.5 Å². The van der Waals surface area contributed by atoms with E-state index in [1.165, 1.54) is 0 Å². The van der Waals surface area contributed by atoms with Crippen LogP contribution in [0.3, 0.4) is 0 Å². The third-order valence-corrected chi connectivity index (χ3v) is 3.22. The topological polar surface area (TPSA) is 74.2 Å². The van der Waals surface area contributed by atoms with Crippen molar-refractivity contribution >= 4 is 17.3 Å². The van der Waals surface area contributed by atoms with Gasteiger partial charge in [0.2, 0.25) is 5.91 Å². The van der Waals surface area contributed by atoms with Gasteiger partial charge in [-0.15, -0.1) is 0 Å². The lowest BCUT2D eigenvalue weighted by Gasteiger charge is -2.15. The monoisotopic (exact) mass is 323 g/mol. The molecule has 5 nitrogen and oxygen atoms in total. The molecule has 2 aromatic carbocycles. The average molecular weight is 323 g/mol. The second-order valence-corrected chi connectivity index (χ2v) is 5.58. The SMILES string of the molecule is CC(C)Oc1ccccc1NC(=O)CCNc1ccc(C#N)cc1. The Morgan fingerprint density at radius 3 is 2.54 bits per heavy atom. The van der Waals surface area contributed by atoms with Gasteiger partial charge in [-0.3, -0.25) is 4.79 Å². The minimum absolute atomic E-state index is 0.0427. The van der Waals surface area contributed by atoms with E-state index in [4.69, 9.17) is 10.00 Å². The van der Waals surface area contributed by atoms with Gasteiger partial charge >= 0.3 is 0 Å². The molecule has 0 unspecified atom stereocenters. The summed E-state index contributed by atoms with van der Waals surface area (Å²) in [7, 11) is 0. The molecule has 24 heavy (non-hydrogen) atoms. The maximum Gasteiger partial charge on any atom is 0.226 e. The highest BCUT2D eigenvalue weighted by Crippen LogP contribution is 2.24. The predicted octanol–water partition coefficient (Wildman–Crippen LogP) is 3.79. The van der Waals surface area contributed by atoms with Crippen LogP contribution in [0.5, 0.6) is 5.75 Å². The number of para-hydroxylation sites is 2. The fraction of sp³-hybridized carbons (Fsp3) is 0.263. The van der Waals surface area contributed by atoms with Gasteiger partial charge in [-0.05, 0) is 50.2 Å². The van der Waals surface area contributed by atoms with E-state index in [-0.39, 0.29) is 12.0 Å². The maximum absolute atomic E-state index is 12.1. The highest BCUT2D eigenvalue weighted by atomic mass is 16.5. The van der Waals surface area contributed by atoms with Crippen molar-refractivity contribution in [3.05, 3.63) is 54.1 Å². The number of carbonyl (C=O) groups excluding carboxylic acids is 1. The highest BCUT2D eigenvalue weighted by molar-refractivity contribution is 5.92. The molecule has 2 aromatic rings. The van der Waals surface area contributed by atoms with Gasteiger partial charge in [0.25, 0.3) is 0 Å². The molecule has 0 aromatic heterocycles. The fourth-order valence-corrected chi connectivity index (χ4v) is 2.12. The Labute approximate surface area is 142 Å². The predicted molar refractivity (Wildman–Crippen MR) is 95.1 cm³/mol. The summed E-state index contributed by atoms with van der Waals surface area (Å²) in [6.07, 6.45) is 0.372.